The van der Waals surface area contributed by atoms with E-state index in [9.17, 15) is 19.2 Å². The first-order valence-corrected chi connectivity index (χ1v) is 12.8. The minimum absolute atomic E-state index is 0.252. The summed E-state index contributed by atoms with van der Waals surface area (Å²) in [7, 11) is 1.42. The molecule has 0 aliphatic carbocycles. The number of ether oxygens (including phenoxy) is 2. The molecule has 1 aliphatic heterocycles. The maximum absolute atomic E-state index is 13.1. The number of amides is 5. The molecule has 1 heterocycles. The van der Waals surface area contributed by atoms with Gasteiger partial charge in [0.25, 0.3) is 17.7 Å². The number of carbonyl (C=O) groups is 4. The lowest BCUT2D eigenvalue weighted by Crippen LogP contribution is -2.54. The van der Waals surface area contributed by atoms with E-state index in [4.69, 9.17) is 21.1 Å². The van der Waals surface area contributed by atoms with Gasteiger partial charge in [-0.05, 0) is 95.0 Å². The molecule has 0 saturated carbocycles. The molecule has 5 amide bonds. The molecular weight excluding hydrogens is 590 g/mol. The van der Waals surface area contributed by atoms with E-state index in [1.807, 2.05) is 32.0 Å². The number of aryl methyl sites for hydroxylation is 2. The molecule has 4 rings (SSSR count). The third-order valence-electron chi connectivity index (χ3n) is 5.76. The number of carbonyl (C=O) groups excluding carboxylic acids is 4. The van der Waals surface area contributed by atoms with Crippen molar-refractivity contribution < 1.29 is 28.7 Å². The largest absolute Gasteiger partial charge is 0.493 e. The van der Waals surface area contributed by atoms with Crippen LogP contribution in [-0.4, -0.2) is 37.5 Å². The van der Waals surface area contributed by atoms with Crippen LogP contribution in [0.25, 0.3) is 6.08 Å². The number of halogens is 2. The second-order valence-electron chi connectivity index (χ2n) is 8.62. The van der Waals surface area contributed by atoms with E-state index < -0.39 is 17.8 Å². The average Bonchev–Trinajstić information content (AvgIpc) is 2.88. The van der Waals surface area contributed by atoms with Crippen LogP contribution < -0.4 is 25.0 Å². The first kappa shape index (κ1) is 27.9. The lowest BCUT2D eigenvalue weighted by atomic mass is 10.1. The number of nitrogens with zero attached hydrogens (tertiary/aromatic N) is 1. The highest BCUT2D eigenvalue weighted by atomic mass is 79.9. The number of anilines is 2. The second-order valence-corrected chi connectivity index (χ2v) is 9.91. The average molecular weight is 613 g/mol. The Morgan fingerprint density at radius 1 is 1.08 bits per heavy atom. The standard InChI is InChI=1S/C28H23BrClN3O6/c1-15-4-5-16(2)22(10-15)31-24(34)14-39-25-21(29)12-17(13-23(25)38-3)11-20-26(35)32-28(37)33(27(20)36)19-8-6-18(30)7-9-19/h4-13H,14H2,1-3H3,(H,31,34)(H,32,35,37)/b20-11-. The Bertz CT molecular complexity index is 1520. The van der Waals surface area contributed by atoms with Crippen molar-refractivity contribution in [1.29, 1.82) is 0 Å². The molecule has 3 aromatic carbocycles. The maximum Gasteiger partial charge on any atom is 0.335 e. The van der Waals surface area contributed by atoms with Gasteiger partial charge in [0.05, 0.1) is 17.3 Å². The highest BCUT2D eigenvalue weighted by Gasteiger charge is 2.36. The third-order valence-corrected chi connectivity index (χ3v) is 6.61. The second kappa shape index (κ2) is 11.7. The van der Waals surface area contributed by atoms with Crippen molar-refractivity contribution >= 4 is 68.7 Å². The van der Waals surface area contributed by atoms with Crippen molar-refractivity contribution in [3.63, 3.8) is 0 Å². The quantitative estimate of drug-likeness (QED) is 0.272. The zero-order chi connectivity index (χ0) is 28.3. The molecule has 0 spiro atoms. The number of methoxy groups -OCH3 is 1. The molecule has 9 nitrogen and oxygen atoms in total. The third kappa shape index (κ3) is 6.30. The SMILES string of the molecule is COc1cc(/C=C2/C(=O)NC(=O)N(c3ccc(Cl)cc3)C2=O)cc(Br)c1OCC(=O)Nc1cc(C)ccc1C. The lowest BCUT2D eigenvalue weighted by Gasteiger charge is -2.26. The van der Waals surface area contributed by atoms with Gasteiger partial charge in [0, 0.05) is 10.7 Å². The van der Waals surface area contributed by atoms with Gasteiger partial charge in [-0.25, -0.2) is 9.69 Å². The van der Waals surface area contributed by atoms with E-state index >= 15 is 0 Å². The summed E-state index contributed by atoms with van der Waals surface area (Å²) in [6, 6.07) is 14.1. The van der Waals surface area contributed by atoms with E-state index in [1.54, 1.807) is 12.1 Å². The maximum atomic E-state index is 13.1. The molecule has 200 valence electrons. The summed E-state index contributed by atoms with van der Waals surface area (Å²) < 4.78 is 11.6. The zero-order valence-corrected chi connectivity index (χ0v) is 23.5. The highest BCUT2D eigenvalue weighted by Crippen LogP contribution is 2.37. The van der Waals surface area contributed by atoms with E-state index in [-0.39, 0.29) is 35.3 Å². The monoisotopic (exact) mass is 611 g/mol. The van der Waals surface area contributed by atoms with Crippen molar-refractivity contribution in [1.82, 2.24) is 5.32 Å². The Labute approximate surface area is 237 Å². The van der Waals surface area contributed by atoms with Gasteiger partial charge in [0.1, 0.15) is 5.57 Å². The van der Waals surface area contributed by atoms with E-state index in [0.29, 0.717) is 20.7 Å². The van der Waals surface area contributed by atoms with Crippen LogP contribution in [0.5, 0.6) is 11.5 Å². The molecule has 0 radical (unpaired) electrons. The number of rotatable bonds is 7. The van der Waals surface area contributed by atoms with Crippen molar-refractivity contribution in [2.45, 2.75) is 13.8 Å². The summed E-state index contributed by atoms with van der Waals surface area (Å²) in [6.45, 7) is 3.54. The van der Waals surface area contributed by atoms with Crippen LogP contribution in [0.2, 0.25) is 5.02 Å². The topological polar surface area (TPSA) is 114 Å². The van der Waals surface area contributed by atoms with Crippen molar-refractivity contribution in [2.24, 2.45) is 0 Å². The van der Waals surface area contributed by atoms with Gasteiger partial charge < -0.3 is 14.8 Å². The summed E-state index contributed by atoms with van der Waals surface area (Å²) in [5.41, 5.74) is 3.02. The number of imide groups is 2. The van der Waals surface area contributed by atoms with Crippen LogP contribution in [0.4, 0.5) is 16.2 Å². The number of benzene rings is 3. The summed E-state index contributed by atoms with van der Waals surface area (Å²) in [5, 5.41) is 5.43. The van der Waals surface area contributed by atoms with Crippen LogP contribution in [0.15, 0.2) is 64.6 Å². The molecule has 0 aromatic heterocycles. The smallest absolute Gasteiger partial charge is 0.335 e. The van der Waals surface area contributed by atoms with Gasteiger partial charge in [0.2, 0.25) is 0 Å². The van der Waals surface area contributed by atoms with E-state index in [2.05, 4.69) is 26.6 Å². The summed E-state index contributed by atoms with van der Waals surface area (Å²) in [4.78, 5) is 51.5. The van der Waals surface area contributed by atoms with Gasteiger partial charge in [-0.15, -0.1) is 0 Å². The minimum atomic E-state index is -0.869. The highest BCUT2D eigenvalue weighted by molar-refractivity contribution is 9.10. The summed E-state index contributed by atoms with van der Waals surface area (Å²) >= 11 is 9.32. The zero-order valence-electron chi connectivity index (χ0n) is 21.1. The number of nitrogens with one attached hydrogen (secondary N) is 2. The summed E-state index contributed by atoms with van der Waals surface area (Å²) in [6.07, 6.45) is 1.33. The van der Waals surface area contributed by atoms with Crippen LogP contribution in [0.3, 0.4) is 0 Å². The molecule has 11 heteroatoms. The lowest BCUT2D eigenvalue weighted by molar-refractivity contribution is -0.122. The van der Waals surface area contributed by atoms with Gasteiger partial charge >= 0.3 is 6.03 Å². The fourth-order valence-electron chi connectivity index (χ4n) is 3.81. The number of hydrogen-bond donors (Lipinski definition) is 2. The van der Waals surface area contributed by atoms with Gasteiger partial charge in [-0.3, -0.25) is 19.7 Å². The molecular formula is C28H23BrClN3O6. The van der Waals surface area contributed by atoms with Gasteiger partial charge in [-0.1, -0.05) is 23.7 Å². The number of hydrogen-bond acceptors (Lipinski definition) is 6. The van der Waals surface area contributed by atoms with Crippen molar-refractivity contribution in [3.8, 4) is 11.5 Å². The van der Waals surface area contributed by atoms with E-state index in [0.717, 1.165) is 16.0 Å². The molecule has 0 atom stereocenters. The Balaban J connectivity index is 1.55. The van der Waals surface area contributed by atoms with Crippen LogP contribution in [0, 0.1) is 13.8 Å². The molecule has 1 saturated heterocycles. The Morgan fingerprint density at radius 2 is 1.79 bits per heavy atom. The van der Waals surface area contributed by atoms with E-state index in [1.165, 1.54) is 37.5 Å². The number of barbiturate groups is 1. The molecule has 1 fully saturated rings. The fourth-order valence-corrected chi connectivity index (χ4v) is 4.51. The van der Waals surface area contributed by atoms with Crippen molar-refractivity contribution in [3.05, 3.63) is 86.4 Å². The Kier molecular flexibility index (Phi) is 8.37. The molecule has 0 unspecified atom stereocenters. The van der Waals surface area contributed by atoms with Crippen molar-refractivity contribution in [2.75, 3.05) is 23.9 Å². The first-order chi connectivity index (χ1) is 18.6. The van der Waals surface area contributed by atoms with Crippen LogP contribution >= 0.6 is 27.5 Å². The molecule has 3 aromatic rings. The molecule has 39 heavy (non-hydrogen) atoms. The predicted molar refractivity (Wildman–Crippen MR) is 151 cm³/mol. The molecule has 0 bridgehead atoms. The van der Waals surface area contributed by atoms with Crippen LogP contribution in [-0.2, 0) is 14.4 Å². The Morgan fingerprint density at radius 3 is 2.49 bits per heavy atom. The minimum Gasteiger partial charge on any atom is -0.493 e. The molecule has 2 N–H and O–H groups in total. The van der Waals surface area contributed by atoms with Crippen LogP contribution in [0.1, 0.15) is 16.7 Å². The van der Waals surface area contributed by atoms with Gasteiger partial charge in [0.15, 0.2) is 18.1 Å². The fraction of sp³-hybridized carbons (Fsp3) is 0.143. The normalized spacial score (nSPS) is 14.3. The Hall–Kier alpha value is -4.15. The first-order valence-electron chi connectivity index (χ1n) is 11.6. The predicted octanol–water partition coefficient (Wildman–Crippen LogP) is 5.41. The molecule has 1 aliphatic rings. The summed E-state index contributed by atoms with van der Waals surface area (Å²) in [5.74, 6) is -1.49. The number of urea groups is 1. The van der Waals surface area contributed by atoms with Gasteiger partial charge in [-0.2, -0.15) is 0 Å².